The average molecular weight is 482 g/mol. The molecule has 184 valence electrons. The minimum atomic E-state index is -0.961. The van der Waals surface area contributed by atoms with Gasteiger partial charge in [0, 0.05) is 43.9 Å². The lowest BCUT2D eigenvalue weighted by atomic mass is 9.93. The van der Waals surface area contributed by atoms with E-state index in [-0.39, 0.29) is 23.6 Å². The largest absolute Gasteiger partial charge is 0.507 e. The van der Waals surface area contributed by atoms with Crippen LogP contribution in [0.5, 0.6) is 5.75 Å². The molecule has 0 aromatic heterocycles. The van der Waals surface area contributed by atoms with Gasteiger partial charge in [0.25, 0.3) is 17.4 Å². The van der Waals surface area contributed by atoms with Crippen molar-refractivity contribution in [3.63, 3.8) is 0 Å². The van der Waals surface area contributed by atoms with Crippen LogP contribution >= 0.6 is 0 Å². The van der Waals surface area contributed by atoms with Gasteiger partial charge in [-0.15, -0.1) is 0 Å². The Hall–Kier alpha value is -3.76. The third-order valence-corrected chi connectivity index (χ3v) is 6.39. The number of amides is 1. The number of ether oxygens (including phenoxy) is 2. The molecule has 1 N–H and O–H groups in total. The van der Waals surface area contributed by atoms with Crippen LogP contribution in [0.1, 0.15) is 22.7 Å². The van der Waals surface area contributed by atoms with Gasteiger partial charge in [-0.05, 0) is 36.2 Å². The minimum Gasteiger partial charge on any atom is -0.507 e. The predicted octanol–water partition coefficient (Wildman–Crippen LogP) is 2.67. The molecule has 0 spiro atoms. The van der Waals surface area contributed by atoms with Crippen LogP contribution in [0.15, 0.2) is 48.0 Å². The van der Waals surface area contributed by atoms with Crippen LogP contribution in [0.3, 0.4) is 0 Å². The number of aryl methyl sites for hydroxylation is 1. The molecule has 1 atom stereocenters. The Bertz CT molecular complexity index is 1190. The highest BCUT2D eigenvalue weighted by Gasteiger charge is 2.46. The number of nitrogens with zero attached hydrogens (tertiary/aromatic N) is 3. The van der Waals surface area contributed by atoms with Gasteiger partial charge in [0.2, 0.25) is 0 Å². The molecule has 0 saturated carbocycles. The molecule has 1 unspecified atom stereocenters. The van der Waals surface area contributed by atoms with E-state index in [4.69, 9.17) is 9.47 Å². The van der Waals surface area contributed by atoms with Crippen LogP contribution < -0.4 is 4.74 Å². The van der Waals surface area contributed by atoms with E-state index >= 15 is 0 Å². The number of methoxy groups -OCH3 is 1. The number of nitro benzene ring substituents is 1. The summed E-state index contributed by atoms with van der Waals surface area (Å²) < 4.78 is 10.6. The smallest absolute Gasteiger partial charge is 0.295 e. The summed E-state index contributed by atoms with van der Waals surface area (Å²) >= 11 is 0. The van der Waals surface area contributed by atoms with Crippen molar-refractivity contribution < 1.29 is 29.1 Å². The van der Waals surface area contributed by atoms with Crippen molar-refractivity contribution in [3.05, 3.63) is 74.8 Å². The second-order valence-corrected chi connectivity index (χ2v) is 8.48. The van der Waals surface area contributed by atoms with Crippen LogP contribution in [-0.4, -0.2) is 78.0 Å². The van der Waals surface area contributed by atoms with Crippen molar-refractivity contribution >= 4 is 23.1 Å². The van der Waals surface area contributed by atoms with Crippen LogP contribution in [0.25, 0.3) is 5.76 Å². The maximum Gasteiger partial charge on any atom is 0.295 e. The Morgan fingerprint density at radius 3 is 2.57 bits per heavy atom. The monoisotopic (exact) mass is 481 g/mol. The molecule has 2 saturated heterocycles. The first-order valence-electron chi connectivity index (χ1n) is 11.3. The number of Topliss-reactive ketones (excluding diaryl/α,β-unsaturated/α-hetero) is 1. The molecule has 0 aliphatic carbocycles. The lowest BCUT2D eigenvalue weighted by Crippen LogP contribution is -2.42. The van der Waals surface area contributed by atoms with E-state index in [2.05, 4.69) is 4.90 Å². The zero-order valence-corrected chi connectivity index (χ0v) is 19.6. The van der Waals surface area contributed by atoms with Gasteiger partial charge in [0.15, 0.2) is 0 Å². The van der Waals surface area contributed by atoms with E-state index in [0.717, 1.165) is 0 Å². The summed E-state index contributed by atoms with van der Waals surface area (Å²) in [6, 6.07) is 9.84. The summed E-state index contributed by atoms with van der Waals surface area (Å²) in [5, 5.41) is 22.7. The summed E-state index contributed by atoms with van der Waals surface area (Å²) in [7, 11) is 1.52. The average Bonchev–Trinajstić information content (AvgIpc) is 3.12. The van der Waals surface area contributed by atoms with Crippen molar-refractivity contribution in [2.45, 2.75) is 13.0 Å². The van der Waals surface area contributed by atoms with Crippen molar-refractivity contribution in [2.24, 2.45) is 0 Å². The van der Waals surface area contributed by atoms with Gasteiger partial charge in [-0.2, -0.15) is 0 Å². The molecule has 2 aliphatic heterocycles. The van der Waals surface area contributed by atoms with Crippen molar-refractivity contribution in [1.29, 1.82) is 0 Å². The number of likely N-dealkylation sites (tertiary alicyclic amines) is 1. The van der Waals surface area contributed by atoms with E-state index in [9.17, 15) is 24.8 Å². The SMILES string of the molecule is COc1ccc(C(O)=C2C(=O)C(=O)N(CCN3CCOCC3)C2c2cccc([N+](=O)[O-])c2)c(C)c1. The number of non-ortho nitro benzene ring substituents is 1. The highest BCUT2D eigenvalue weighted by atomic mass is 16.6. The number of carbonyl (C=O) groups excluding carboxylic acids is 2. The van der Waals surface area contributed by atoms with Crippen molar-refractivity contribution in [2.75, 3.05) is 46.5 Å². The number of hydrogen-bond acceptors (Lipinski definition) is 8. The quantitative estimate of drug-likeness (QED) is 0.211. The normalized spacial score (nSPS) is 20.3. The summed E-state index contributed by atoms with van der Waals surface area (Å²) in [5.74, 6) is -1.31. The topological polar surface area (TPSA) is 122 Å². The number of rotatable bonds is 7. The second-order valence-electron chi connectivity index (χ2n) is 8.48. The Balaban J connectivity index is 1.79. The number of carbonyl (C=O) groups is 2. The van der Waals surface area contributed by atoms with Crippen LogP contribution in [0, 0.1) is 17.0 Å². The number of ketones is 1. The Morgan fingerprint density at radius 2 is 1.91 bits per heavy atom. The molecular weight excluding hydrogens is 454 g/mol. The zero-order valence-electron chi connectivity index (χ0n) is 19.6. The van der Waals surface area contributed by atoms with Crippen molar-refractivity contribution in [3.8, 4) is 5.75 Å². The first-order chi connectivity index (χ1) is 16.8. The molecular formula is C25H27N3O7. The van der Waals surface area contributed by atoms with E-state index in [1.165, 1.54) is 30.2 Å². The number of aliphatic hydroxyl groups is 1. The standard InChI is InChI=1S/C25H27N3O7/c1-16-14-19(34-2)6-7-20(16)23(29)21-22(17-4-3-5-18(15-17)28(32)33)27(25(31)24(21)30)9-8-26-10-12-35-13-11-26/h3-7,14-15,22,29H,8-13H2,1-2H3. The van der Waals surface area contributed by atoms with E-state index in [1.807, 2.05) is 0 Å². The van der Waals surface area contributed by atoms with Gasteiger partial charge in [-0.1, -0.05) is 12.1 Å². The second kappa shape index (κ2) is 10.2. The molecule has 2 fully saturated rings. The first-order valence-corrected chi connectivity index (χ1v) is 11.3. The molecule has 0 bridgehead atoms. The Labute approximate surface area is 202 Å². The summed E-state index contributed by atoms with van der Waals surface area (Å²) in [6.07, 6.45) is 0. The summed E-state index contributed by atoms with van der Waals surface area (Å²) in [5.41, 5.74) is 1.16. The van der Waals surface area contributed by atoms with Gasteiger partial charge < -0.3 is 19.5 Å². The zero-order chi connectivity index (χ0) is 25.1. The third kappa shape index (κ3) is 4.89. The number of morpholine rings is 1. The molecule has 10 nitrogen and oxygen atoms in total. The molecule has 35 heavy (non-hydrogen) atoms. The van der Waals surface area contributed by atoms with Gasteiger partial charge in [0.1, 0.15) is 11.5 Å². The Kier molecular flexibility index (Phi) is 7.13. The van der Waals surface area contributed by atoms with Crippen molar-refractivity contribution in [1.82, 2.24) is 9.80 Å². The number of aliphatic hydroxyl groups excluding tert-OH is 1. The minimum absolute atomic E-state index is 0.0919. The van der Waals surface area contributed by atoms with Crippen LogP contribution in [0.4, 0.5) is 5.69 Å². The Morgan fingerprint density at radius 1 is 1.17 bits per heavy atom. The molecule has 2 aromatic carbocycles. The summed E-state index contributed by atoms with van der Waals surface area (Å²) in [4.78, 5) is 40.8. The lowest BCUT2D eigenvalue weighted by Gasteiger charge is -2.31. The van der Waals surface area contributed by atoms with E-state index in [0.29, 0.717) is 55.3 Å². The molecule has 10 heteroatoms. The fourth-order valence-electron chi connectivity index (χ4n) is 4.51. The van der Waals surface area contributed by atoms with Gasteiger partial charge in [-0.3, -0.25) is 24.6 Å². The van der Waals surface area contributed by atoms with Crippen LogP contribution in [-0.2, 0) is 14.3 Å². The van der Waals surface area contributed by atoms with E-state index in [1.54, 1.807) is 31.2 Å². The molecule has 2 aromatic rings. The van der Waals surface area contributed by atoms with Gasteiger partial charge in [-0.25, -0.2) is 0 Å². The third-order valence-electron chi connectivity index (χ3n) is 6.39. The first kappa shape index (κ1) is 24.4. The van der Waals surface area contributed by atoms with Gasteiger partial charge >= 0.3 is 0 Å². The predicted molar refractivity (Wildman–Crippen MR) is 127 cm³/mol. The fraction of sp³-hybridized carbons (Fsp3) is 0.360. The van der Waals surface area contributed by atoms with Gasteiger partial charge in [0.05, 0.1) is 36.9 Å². The molecule has 0 radical (unpaired) electrons. The highest BCUT2D eigenvalue weighted by molar-refractivity contribution is 6.46. The molecule has 2 aliphatic rings. The number of benzene rings is 2. The maximum atomic E-state index is 13.2. The highest BCUT2D eigenvalue weighted by Crippen LogP contribution is 2.40. The molecule has 4 rings (SSSR count). The molecule has 2 heterocycles. The lowest BCUT2D eigenvalue weighted by molar-refractivity contribution is -0.384. The number of hydrogen-bond donors (Lipinski definition) is 1. The fourth-order valence-corrected chi connectivity index (χ4v) is 4.51. The molecule has 1 amide bonds. The summed E-state index contributed by atoms with van der Waals surface area (Å²) in [6.45, 7) is 5.06. The van der Waals surface area contributed by atoms with E-state index < -0.39 is 22.7 Å². The van der Waals surface area contributed by atoms with Crippen LogP contribution in [0.2, 0.25) is 0 Å². The maximum absolute atomic E-state index is 13.2. The number of nitro groups is 1.